The number of carbonyl (C=O) groups excluding carboxylic acids is 2. The summed E-state index contributed by atoms with van der Waals surface area (Å²) < 4.78 is 5.89. The van der Waals surface area contributed by atoms with Gasteiger partial charge in [-0.2, -0.15) is 0 Å². The Hall–Kier alpha value is -2.22. The lowest BCUT2D eigenvalue weighted by molar-refractivity contribution is -0.122. The summed E-state index contributed by atoms with van der Waals surface area (Å²) in [6.45, 7) is 0. The molecule has 0 atom stereocenters. The van der Waals surface area contributed by atoms with Crippen molar-refractivity contribution in [1.29, 1.82) is 0 Å². The summed E-state index contributed by atoms with van der Waals surface area (Å²) >= 11 is 14.5. The second-order valence-corrected chi connectivity index (χ2v) is 7.01. The SMILES string of the molecule is COc1ccc(C=C2C(=O)NC(=S)N(c3cccc(Cl)c3)C2=O)cc1Br. The fourth-order valence-corrected chi connectivity index (χ4v) is 3.47. The molecule has 8 heteroatoms. The molecule has 0 bridgehead atoms. The first kappa shape index (κ1) is 18.6. The molecular formula is C18H12BrClN2O3S. The molecule has 2 amide bonds. The number of ether oxygens (including phenoxy) is 1. The number of anilines is 1. The Balaban J connectivity index is 2.01. The van der Waals surface area contributed by atoms with Crippen LogP contribution in [-0.2, 0) is 9.59 Å². The molecule has 2 aromatic rings. The molecule has 132 valence electrons. The maximum absolute atomic E-state index is 12.9. The van der Waals surface area contributed by atoms with Crippen molar-refractivity contribution in [1.82, 2.24) is 5.32 Å². The maximum Gasteiger partial charge on any atom is 0.270 e. The third-order valence-electron chi connectivity index (χ3n) is 3.65. The van der Waals surface area contributed by atoms with Crippen molar-refractivity contribution in [2.75, 3.05) is 12.0 Å². The highest BCUT2D eigenvalue weighted by Crippen LogP contribution is 2.28. The van der Waals surface area contributed by atoms with E-state index in [0.717, 1.165) is 0 Å². The molecule has 1 fully saturated rings. The van der Waals surface area contributed by atoms with Gasteiger partial charge < -0.3 is 4.74 Å². The van der Waals surface area contributed by atoms with Crippen LogP contribution < -0.4 is 15.0 Å². The predicted octanol–water partition coefficient (Wildman–Crippen LogP) is 3.94. The van der Waals surface area contributed by atoms with Gasteiger partial charge in [0, 0.05) is 5.02 Å². The average Bonchev–Trinajstić information content (AvgIpc) is 2.58. The lowest BCUT2D eigenvalue weighted by atomic mass is 10.1. The largest absolute Gasteiger partial charge is 0.496 e. The first-order chi connectivity index (χ1) is 12.4. The molecular weight excluding hydrogens is 440 g/mol. The van der Waals surface area contributed by atoms with E-state index in [-0.39, 0.29) is 10.7 Å². The number of benzene rings is 2. The summed E-state index contributed by atoms with van der Waals surface area (Å²) in [5.41, 5.74) is 1.11. The molecule has 3 rings (SSSR count). The number of rotatable bonds is 3. The van der Waals surface area contributed by atoms with Gasteiger partial charge >= 0.3 is 0 Å². The number of nitrogens with zero attached hydrogens (tertiary/aromatic N) is 1. The van der Waals surface area contributed by atoms with Gasteiger partial charge in [-0.1, -0.05) is 23.7 Å². The minimum Gasteiger partial charge on any atom is -0.496 e. The zero-order valence-corrected chi connectivity index (χ0v) is 16.6. The Labute approximate surface area is 168 Å². The standard InChI is InChI=1S/C18H12BrClN2O3S/c1-25-15-6-5-10(8-14(15)19)7-13-16(23)21-18(26)22(17(13)24)12-4-2-3-11(20)9-12/h2-9H,1H3,(H,21,23,26). The van der Waals surface area contributed by atoms with Crippen LogP contribution in [0.4, 0.5) is 5.69 Å². The third-order valence-corrected chi connectivity index (χ3v) is 4.79. The smallest absolute Gasteiger partial charge is 0.270 e. The van der Waals surface area contributed by atoms with E-state index in [4.69, 9.17) is 28.6 Å². The van der Waals surface area contributed by atoms with Crippen LogP contribution >= 0.6 is 39.7 Å². The second kappa shape index (κ2) is 7.57. The number of carbonyl (C=O) groups is 2. The summed E-state index contributed by atoms with van der Waals surface area (Å²) in [6, 6.07) is 11.9. The highest BCUT2D eigenvalue weighted by molar-refractivity contribution is 9.10. The van der Waals surface area contributed by atoms with Crippen molar-refractivity contribution in [3.05, 3.63) is 63.1 Å². The molecule has 0 aromatic heterocycles. The van der Waals surface area contributed by atoms with Crippen LogP contribution in [0.15, 0.2) is 52.5 Å². The minimum absolute atomic E-state index is 0.00956. The van der Waals surface area contributed by atoms with E-state index in [9.17, 15) is 9.59 Å². The van der Waals surface area contributed by atoms with Gasteiger partial charge in [0.05, 0.1) is 17.3 Å². The van der Waals surface area contributed by atoms with Crippen LogP contribution in [-0.4, -0.2) is 24.0 Å². The van der Waals surface area contributed by atoms with Gasteiger partial charge in [-0.05, 0) is 70.1 Å². The fraction of sp³-hybridized carbons (Fsp3) is 0.0556. The average molecular weight is 452 g/mol. The maximum atomic E-state index is 12.9. The van der Waals surface area contributed by atoms with E-state index in [2.05, 4.69) is 21.2 Å². The van der Waals surface area contributed by atoms with Gasteiger partial charge in [0.25, 0.3) is 11.8 Å². The number of amides is 2. The van der Waals surface area contributed by atoms with Gasteiger partial charge in [-0.15, -0.1) is 0 Å². The van der Waals surface area contributed by atoms with E-state index >= 15 is 0 Å². The van der Waals surface area contributed by atoms with Crippen molar-refractivity contribution >= 4 is 68.4 Å². The Morgan fingerprint density at radius 2 is 2.00 bits per heavy atom. The Morgan fingerprint density at radius 1 is 1.23 bits per heavy atom. The van der Waals surface area contributed by atoms with Crippen molar-refractivity contribution in [2.24, 2.45) is 0 Å². The summed E-state index contributed by atoms with van der Waals surface area (Å²) in [5, 5.41) is 3.00. The molecule has 26 heavy (non-hydrogen) atoms. The molecule has 0 spiro atoms. The number of thiocarbonyl (C=S) groups is 1. The molecule has 0 unspecified atom stereocenters. The molecule has 1 aliphatic rings. The van der Waals surface area contributed by atoms with Gasteiger partial charge in [0.2, 0.25) is 0 Å². The molecule has 0 aliphatic carbocycles. The Morgan fingerprint density at radius 3 is 2.65 bits per heavy atom. The fourth-order valence-electron chi connectivity index (χ4n) is 2.45. The summed E-state index contributed by atoms with van der Waals surface area (Å²) in [4.78, 5) is 26.4. The van der Waals surface area contributed by atoms with Crippen molar-refractivity contribution in [2.45, 2.75) is 0 Å². The van der Waals surface area contributed by atoms with E-state index in [1.165, 1.54) is 11.0 Å². The molecule has 1 N–H and O–H groups in total. The van der Waals surface area contributed by atoms with Crippen LogP contribution in [0.3, 0.4) is 0 Å². The first-order valence-electron chi connectivity index (χ1n) is 7.41. The van der Waals surface area contributed by atoms with Gasteiger partial charge in [0.1, 0.15) is 11.3 Å². The van der Waals surface area contributed by atoms with Gasteiger partial charge in [-0.25, -0.2) is 0 Å². The number of nitrogens with one attached hydrogen (secondary N) is 1. The summed E-state index contributed by atoms with van der Waals surface area (Å²) in [5.74, 6) is -0.425. The second-order valence-electron chi connectivity index (χ2n) is 5.33. The topological polar surface area (TPSA) is 58.6 Å². The molecule has 1 aliphatic heterocycles. The van der Waals surface area contributed by atoms with Crippen molar-refractivity contribution in [3.63, 3.8) is 0 Å². The van der Waals surface area contributed by atoms with Crippen LogP contribution in [0.5, 0.6) is 5.75 Å². The molecule has 5 nitrogen and oxygen atoms in total. The lowest BCUT2D eigenvalue weighted by Gasteiger charge is -2.29. The number of methoxy groups -OCH3 is 1. The van der Waals surface area contributed by atoms with Crippen LogP contribution in [0.25, 0.3) is 6.08 Å². The molecule has 0 radical (unpaired) electrons. The normalized spacial score (nSPS) is 16.0. The molecule has 2 aromatic carbocycles. The number of hydrogen-bond donors (Lipinski definition) is 1. The van der Waals surface area contributed by atoms with Gasteiger partial charge in [0.15, 0.2) is 5.11 Å². The highest BCUT2D eigenvalue weighted by Gasteiger charge is 2.34. The minimum atomic E-state index is -0.551. The van der Waals surface area contributed by atoms with E-state index in [0.29, 0.717) is 26.5 Å². The van der Waals surface area contributed by atoms with E-state index in [1.54, 1.807) is 49.6 Å². The number of halogens is 2. The Kier molecular flexibility index (Phi) is 5.41. The van der Waals surface area contributed by atoms with E-state index < -0.39 is 11.8 Å². The Bertz CT molecular complexity index is 961. The monoisotopic (exact) mass is 450 g/mol. The zero-order valence-electron chi connectivity index (χ0n) is 13.5. The summed E-state index contributed by atoms with van der Waals surface area (Å²) in [7, 11) is 1.56. The van der Waals surface area contributed by atoms with E-state index in [1.807, 2.05) is 0 Å². The molecule has 0 saturated carbocycles. The zero-order chi connectivity index (χ0) is 18.8. The van der Waals surface area contributed by atoms with Crippen molar-refractivity contribution < 1.29 is 14.3 Å². The first-order valence-corrected chi connectivity index (χ1v) is 8.99. The molecule has 1 saturated heterocycles. The molecule has 1 heterocycles. The predicted molar refractivity (Wildman–Crippen MR) is 108 cm³/mol. The summed E-state index contributed by atoms with van der Waals surface area (Å²) in [6.07, 6.45) is 1.50. The quantitative estimate of drug-likeness (QED) is 0.436. The van der Waals surface area contributed by atoms with Crippen molar-refractivity contribution in [3.8, 4) is 5.75 Å². The van der Waals surface area contributed by atoms with Gasteiger partial charge in [-0.3, -0.25) is 19.8 Å². The van der Waals surface area contributed by atoms with Crippen LogP contribution in [0, 0.1) is 0 Å². The highest BCUT2D eigenvalue weighted by atomic mass is 79.9. The lowest BCUT2D eigenvalue weighted by Crippen LogP contribution is -2.54. The van der Waals surface area contributed by atoms with Crippen LogP contribution in [0.1, 0.15) is 5.56 Å². The number of hydrogen-bond acceptors (Lipinski definition) is 4. The third kappa shape index (κ3) is 3.65. The van der Waals surface area contributed by atoms with Crippen LogP contribution in [0.2, 0.25) is 5.02 Å².